The first-order valence-electron chi connectivity index (χ1n) is 7.46. The number of ether oxygens (including phenoxy) is 1. The first-order chi connectivity index (χ1) is 10.1. The second-order valence-electron chi connectivity index (χ2n) is 5.07. The van der Waals surface area contributed by atoms with Crippen LogP contribution >= 0.6 is 0 Å². The minimum Gasteiger partial charge on any atom is -0.492 e. The van der Waals surface area contributed by atoms with E-state index in [0.717, 1.165) is 25.7 Å². The third-order valence-corrected chi connectivity index (χ3v) is 3.28. The van der Waals surface area contributed by atoms with Crippen LogP contribution in [0.15, 0.2) is 24.3 Å². The molecule has 118 valence electrons. The highest BCUT2D eigenvalue weighted by Crippen LogP contribution is 2.11. The van der Waals surface area contributed by atoms with Crippen LogP contribution in [0.1, 0.15) is 32.1 Å². The molecule has 0 heterocycles. The van der Waals surface area contributed by atoms with Crippen LogP contribution in [-0.2, 0) is 4.79 Å². The van der Waals surface area contributed by atoms with E-state index in [1.807, 2.05) is 0 Å². The summed E-state index contributed by atoms with van der Waals surface area (Å²) in [6.07, 6.45) is 4.62. The number of rotatable bonds is 10. The number of hydrogen-bond acceptors (Lipinski definition) is 3. The van der Waals surface area contributed by atoms with Crippen LogP contribution in [0.25, 0.3) is 0 Å². The van der Waals surface area contributed by atoms with Crippen molar-refractivity contribution < 1.29 is 13.9 Å². The Hall–Kier alpha value is -1.62. The molecule has 0 saturated carbocycles. The number of unbranched alkanes of at least 4 members (excludes halogenated alkanes) is 3. The topological polar surface area (TPSA) is 55.6 Å². The van der Waals surface area contributed by atoms with Crippen LogP contribution in [0.3, 0.4) is 0 Å². The van der Waals surface area contributed by atoms with Gasteiger partial charge in [-0.05, 0) is 43.7 Å². The zero-order chi connectivity index (χ0) is 15.5. The van der Waals surface area contributed by atoms with Gasteiger partial charge in [-0.3, -0.25) is 4.79 Å². The van der Waals surface area contributed by atoms with Crippen LogP contribution in [0.4, 0.5) is 4.39 Å². The third kappa shape index (κ3) is 7.66. The van der Waals surface area contributed by atoms with Crippen LogP contribution in [-0.4, -0.2) is 37.6 Å². The molecule has 0 aromatic heterocycles. The molecular weight excluding hydrogens is 271 g/mol. The maximum absolute atomic E-state index is 12.7. The van der Waals surface area contributed by atoms with Crippen molar-refractivity contribution >= 4 is 5.91 Å². The summed E-state index contributed by atoms with van der Waals surface area (Å²) < 4.78 is 18.2. The fourth-order valence-electron chi connectivity index (χ4n) is 1.92. The monoisotopic (exact) mass is 296 g/mol. The Morgan fingerprint density at radius 1 is 1.19 bits per heavy atom. The van der Waals surface area contributed by atoms with Crippen molar-refractivity contribution in [2.45, 2.75) is 32.1 Å². The summed E-state index contributed by atoms with van der Waals surface area (Å²) in [5.74, 6) is 0.453. The molecule has 1 amide bonds. The lowest BCUT2D eigenvalue weighted by Crippen LogP contribution is -2.30. The Labute approximate surface area is 126 Å². The van der Waals surface area contributed by atoms with Crippen LogP contribution < -0.4 is 10.5 Å². The summed E-state index contributed by atoms with van der Waals surface area (Å²) in [5.41, 5.74) is 5.42. The molecule has 21 heavy (non-hydrogen) atoms. The Bertz CT molecular complexity index is 409. The van der Waals surface area contributed by atoms with Crippen molar-refractivity contribution in [1.29, 1.82) is 0 Å². The quantitative estimate of drug-likeness (QED) is 0.675. The highest BCUT2D eigenvalue weighted by molar-refractivity contribution is 5.75. The van der Waals surface area contributed by atoms with E-state index >= 15 is 0 Å². The lowest BCUT2D eigenvalue weighted by Gasteiger charge is -2.17. The van der Waals surface area contributed by atoms with Gasteiger partial charge in [0.1, 0.15) is 18.2 Å². The third-order valence-electron chi connectivity index (χ3n) is 3.28. The van der Waals surface area contributed by atoms with E-state index in [9.17, 15) is 9.18 Å². The number of carbonyl (C=O) groups excluding carboxylic acids is 1. The molecule has 0 spiro atoms. The van der Waals surface area contributed by atoms with Gasteiger partial charge in [-0.15, -0.1) is 0 Å². The first kappa shape index (κ1) is 17.4. The van der Waals surface area contributed by atoms with Gasteiger partial charge in [0, 0.05) is 13.5 Å². The number of halogens is 1. The van der Waals surface area contributed by atoms with E-state index < -0.39 is 0 Å². The van der Waals surface area contributed by atoms with Crippen molar-refractivity contribution in [2.75, 3.05) is 26.7 Å². The van der Waals surface area contributed by atoms with Crippen molar-refractivity contribution in [3.05, 3.63) is 30.1 Å². The molecule has 0 atom stereocenters. The zero-order valence-corrected chi connectivity index (χ0v) is 12.7. The minimum absolute atomic E-state index is 0.130. The van der Waals surface area contributed by atoms with E-state index in [0.29, 0.717) is 31.9 Å². The Morgan fingerprint density at radius 2 is 1.86 bits per heavy atom. The molecule has 0 bridgehead atoms. The Morgan fingerprint density at radius 3 is 2.52 bits per heavy atom. The summed E-state index contributed by atoms with van der Waals surface area (Å²) in [7, 11) is 1.77. The molecule has 1 rings (SSSR count). The second kappa shape index (κ2) is 10.2. The maximum atomic E-state index is 12.7. The van der Waals surface area contributed by atoms with Gasteiger partial charge in [0.15, 0.2) is 0 Å². The van der Waals surface area contributed by atoms with Crippen LogP contribution in [0, 0.1) is 5.82 Å². The second-order valence-corrected chi connectivity index (χ2v) is 5.07. The molecule has 2 N–H and O–H groups in total. The van der Waals surface area contributed by atoms with E-state index in [4.69, 9.17) is 10.5 Å². The molecule has 5 heteroatoms. The lowest BCUT2D eigenvalue weighted by atomic mass is 10.1. The van der Waals surface area contributed by atoms with Crippen LogP contribution in [0.5, 0.6) is 5.75 Å². The number of nitrogens with two attached hydrogens (primary N) is 1. The van der Waals surface area contributed by atoms with Gasteiger partial charge < -0.3 is 15.4 Å². The summed E-state index contributed by atoms with van der Waals surface area (Å²) in [6, 6.07) is 5.86. The van der Waals surface area contributed by atoms with Gasteiger partial charge >= 0.3 is 0 Å². The summed E-state index contributed by atoms with van der Waals surface area (Å²) >= 11 is 0. The van der Waals surface area contributed by atoms with E-state index in [2.05, 4.69) is 0 Å². The molecule has 1 aromatic carbocycles. The van der Waals surface area contributed by atoms with Gasteiger partial charge in [-0.2, -0.15) is 0 Å². The molecule has 0 aliphatic heterocycles. The maximum Gasteiger partial charge on any atom is 0.222 e. The SMILES string of the molecule is CN(CCOc1ccc(F)cc1)C(=O)CCCCCCN. The van der Waals surface area contributed by atoms with Gasteiger partial charge in [0.25, 0.3) is 0 Å². The minimum atomic E-state index is -0.288. The highest BCUT2D eigenvalue weighted by atomic mass is 19.1. The van der Waals surface area contributed by atoms with Crippen molar-refractivity contribution in [3.8, 4) is 5.75 Å². The zero-order valence-electron chi connectivity index (χ0n) is 12.7. The molecule has 1 aromatic rings. The highest BCUT2D eigenvalue weighted by Gasteiger charge is 2.08. The number of benzene rings is 1. The largest absolute Gasteiger partial charge is 0.492 e. The summed E-state index contributed by atoms with van der Waals surface area (Å²) in [5, 5.41) is 0. The molecule has 0 unspecified atom stereocenters. The van der Waals surface area contributed by atoms with Crippen molar-refractivity contribution in [2.24, 2.45) is 5.73 Å². The molecule has 4 nitrogen and oxygen atoms in total. The average Bonchev–Trinajstić information content (AvgIpc) is 2.48. The molecule has 0 aliphatic carbocycles. The number of nitrogens with zero attached hydrogens (tertiary/aromatic N) is 1. The number of carbonyl (C=O) groups is 1. The standard InChI is InChI=1S/C16H25FN2O2/c1-19(16(20)6-4-2-3-5-11-18)12-13-21-15-9-7-14(17)8-10-15/h7-10H,2-6,11-13,18H2,1H3. The van der Waals surface area contributed by atoms with E-state index in [-0.39, 0.29) is 11.7 Å². The first-order valence-corrected chi connectivity index (χ1v) is 7.46. The number of hydrogen-bond donors (Lipinski definition) is 1. The van der Waals surface area contributed by atoms with E-state index in [1.165, 1.54) is 12.1 Å². The number of likely N-dealkylation sites (N-methyl/N-ethyl adjacent to an activating group) is 1. The van der Waals surface area contributed by atoms with Crippen molar-refractivity contribution in [1.82, 2.24) is 4.90 Å². The van der Waals surface area contributed by atoms with E-state index in [1.54, 1.807) is 24.1 Å². The molecule has 0 aliphatic rings. The Balaban J connectivity index is 2.13. The fourth-order valence-corrected chi connectivity index (χ4v) is 1.92. The lowest BCUT2D eigenvalue weighted by molar-refractivity contribution is -0.130. The molecule has 0 radical (unpaired) electrons. The van der Waals surface area contributed by atoms with Crippen molar-refractivity contribution in [3.63, 3.8) is 0 Å². The summed E-state index contributed by atoms with van der Waals surface area (Å²) in [4.78, 5) is 13.5. The average molecular weight is 296 g/mol. The molecular formula is C16H25FN2O2. The van der Waals surface area contributed by atoms with Gasteiger partial charge in [-0.25, -0.2) is 4.39 Å². The fraction of sp³-hybridized carbons (Fsp3) is 0.562. The molecule has 0 saturated heterocycles. The summed E-state index contributed by atoms with van der Waals surface area (Å²) in [6.45, 7) is 1.65. The smallest absolute Gasteiger partial charge is 0.222 e. The predicted octanol–water partition coefficient (Wildman–Crippen LogP) is 2.57. The van der Waals surface area contributed by atoms with Crippen LogP contribution in [0.2, 0.25) is 0 Å². The molecule has 0 fully saturated rings. The van der Waals surface area contributed by atoms with Gasteiger partial charge in [0.2, 0.25) is 5.91 Å². The number of amides is 1. The van der Waals surface area contributed by atoms with Gasteiger partial charge in [-0.1, -0.05) is 12.8 Å². The van der Waals surface area contributed by atoms with Gasteiger partial charge in [0.05, 0.1) is 6.54 Å². The Kier molecular flexibility index (Phi) is 8.43. The normalized spacial score (nSPS) is 10.4. The predicted molar refractivity (Wildman–Crippen MR) is 81.7 cm³/mol.